The van der Waals surface area contributed by atoms with Gasteiger partial charge in [-0.2, -0.15) is 0 Å². The van der Waals surface area contributed by atoms with Crippen molar-refractivity contribution < 1.29 is 34.4 Å². The van der Waals surface area contributed by atoms with Crippen LogP contribution in [0.4, 0.5) is 5.69 Å². The fourth-order valence-corrected chi connectivity index (χ4v) is 3.27. The Morgan fingerprint density at radius 1 is 1.17 bits per heavy atom. The molecule has 1 aliphatic rings. The summed E-state index contributed by atoms with van der Waals surface area (Å²) in [5, 5.41) is 30.3. The van der Waals surface area contributed by atoms with Gasteiger partial charge in [-0.15, -0.1) is 0 Å². The number of nitrogens with one attached hydrogen (secondary N) is 1. The molecular formula is C20H16N2O7S. The second-order valence-electron chi connectivity index (χ2n) is 6.16. The highest BCUT2D eigenvalue weighted by atomic mass is 32.2. The van der Waals surface area contributed by atoms with Gasteiger partial charge in [0, 0.05) is 0 Å². The number of amides is 1. The van der Waals surface area contributed by atoms with E-state index in [1.807, 2.05) is 0 Å². The molecule has 2 aromatic rings. The Bertz CT molecular complexity index is 1080. The van der Waals surface area contributed by atoms with Gasteiger partial charge in [-0.25, -0.2) is 14.6 Å². The molecule has 1 saturated heterocycles. The maximum Gasteiger partial charge on any atom is 0.344 e. The fraction of sp³-hybridized carbons (Fsp3) is 0.100. The van der Waals surface area contributed by atoms with Gasteiger partial charge in [-0.05, 0) is 60.7 Å². The summed E-state index contributed by atoms with van der Waals surface area (Å²) >= 11 is 1.04. The first-order valence-corrected chi connectivity index (χ1v) is 9.40. The molecule has 1 amide bonds. The number of carboxylic acid groups (broad SMARTS) is 2. The zero-order valence-electron chi connectivity index (χ0n) is 15.5. The molecule has 30 heavy (non-hydrogen) atoms. The van der Waals surface area contributed by atoms with Gasteiger partial charge in [0.15, 0.2) is 11.3 Å². The second-order valence-corrected chi connectivity index (χ2v) is 7.19. The molecule has 1 atom stereocenters. The lowest BCUT2D eigenvalue weighted by Crippen LogP contribution is -2.22. The third kappa shape index (κ3) is 4.97. The Morgan fingerprint density at radius 3 is 2.50 bits per heavy atom. The summed E-state index contributed by atoms with van der Waals surface area (Å²) in [4.78, 5) is 38.9. The van der Waals surface area contributed by atoms with Crippen LogP contribution in [0.3, 0.4) is 0 Å². The average molecular weight is 428 g/mol. The lowest BCUT2D eigenvalue weighted by Gasteiger charge is -2.10. The van der Waals surface area contributed by atoms with E-state index >= 15 is 0 Å². The molecule has 3 rings (SSSR count). The van der Waals surface area contributed by atoms with Gasteiger partial charge >= 0.3 is 11.9 Å². The van der Waals surface area contributed by atoms with Gasteiger partial charge in [-0.3, -0.25) is 4.79 Å². The minimum atomic E-state index is -1.25. The molecular weight excluding hydrogens is 412 g/mol. The molecule has 0 bridgehead atoms. The van der Waals surface area contributed by atoms with E-state index < -0.39 is 23.9 Å². The molecule has 1 fully saturated rings. The number of thioether (sulfide) groups is 1. The number of benzene rings is 2. The van der Waals surface area contributed by atoms with Crippen molar-refractivity contribution in [2.24, 2.45) is 4.99 Å². The van der Waals surface area contributed by atoms with Crippen LogP contribution >= 0.6 is 11.8 Å². The number of rotatable bonds is 6. The molecule has 4 N–H and O–H groups in total. The van der Waals surface area contributed by atoms with E-state index in [9.17, 15) is 24.6 Å². The lowest BCUT2D eigenvalue weighted by molar-refractivity contribution is -0.144. The number of carboxylic acids is 2. The van der Waals surface area contributed by atoms with Crippen molar-refractivity contribution in [2.75, 3.05) is 0 Å². The number of aromatic carboxylic acids is 1. The van der Waals surface area contributed by atoms with Crippen LogP contribution in [0.1, 0.15) is 22.8 Å². The monoisotopic (exact) mass is 428 g/mol. The number of carbonyl (C=O) groups excluding carboxylic acids is 1. The molecule has 0 radical (unpaired) electrons. The maximum atomic E-state index is 12.2. The highest BCUT2D eigenvalue weighted by molar-refractivity contribution is 8.18. The van der Waals surface area contributed by atoms with E-state index in [0.29, 0.717) is 16.2 Å². The predicted molar refractivity (Wildman–Crippen MR) is 110 cm³/mol. The average Bonchev–Trinajstić information content (AvgIpc) is 3.03. The van der Waals surface area contributed by atoms with Gasteiger partial charge < -0.3 is 25.4 Å². The van der Waals surface area contributed by atoms with Crippen molar-refractivity contribution in [3.05, 3.63) is 58.5 Å². The number of carbonyl (C=O) groups is 3. The van der Waals surface area contributed by atoms with Crippen LogP contribution in [0.5, 0.6) is 11.5 Å². The highest BCUT2D eigenvalue weighted by Gasteiger charge is 2.24. The number of hydrogen-bond donors (Lipinski definition) is 4. The molecule has 1 heterocycles. The molecule has 154 valence electrons. The Hall–Kier alpha value is -3.79. The van der Waals surface area contributed by atoms with Crippen molar-refractivity contribution >= 4 is 46.5 Å². The first-order valence-electron chi connectivity index (χ1n) is 8.58. The van der Waals surface area contributed by atoms with Crippen LogP contribution < -0.4 is 10.1 Å². The topological polar surface area (TPSA) is 146 Å². The van der Waals surface area contributed by atoms with E-state index in [1.165, 1.54) is 19.1 Å². The number of nitrogens with zero attached hydrogens (tertiary/aromatic N) is 1. The third-order valence-corrected chi connectivity index (χ3v) is 4.83. The third-order valence-electron chi connectivity index (χ3n) is 3.92. The number of aliphatic carboxylic acids is 1. The predicted octanol–water partition coefficient (Wildman–Crippen LogP) is 2.83. The number of hydrogen-bond acceptors (Lipinski definition) is 7. The van der Waals surface area contributed by atoms with Gasteiger partial charge in [-0.1, -0.05) is 12.1 Å². The van der Waals surface area contributed by atoms with Crippen LogP contribution in [-0.2, 0) is 9.59 Å². The zero-order chi connectivity index (χ0) is 21.8. The van der Waals surface area contributed by atoms with Gasteiger partial charge in [0.25, 0.3) is 5.91 Å². The summed E-state index contributed by atoms with van der Waals surface area (Å²) in [5.74, 6) is -2.55. The van der Waals surface area contributed by atoms with E-state index in [4.69, 9.17) is 9.84 Å². The van der Waals surface area contributed by atoms with E-state index in [2.05, 4.69) is 10.3 Å². The van der Waals surface area contributed by atoms with Gasteiger partial charge in [0.2, 0.25) is 0 Å². The molecule has 1 aliphatic heterocycles. The van der Waals surface area contributed by atoms with Crippen molar-refractivity contribution in [1.82, 2.24) is 5.32 Å². The maximum absolute atomic E-state index is 12.2. The molecule has 1 unspecified atom stereocenters. The molecule has 10 heteroatoms. The summed E-state index contributed by atoms with van der Waals surface area (Å²) in [5.41, 5.74) is 0.583. The number of amidine groups is 1. The first-order chi connectivity index (χ1) is 14.2. The molecule has 0 aliphatic carbocycles. The zero-order valence-corrected chi connectivity index (χ0v) is 16.3. The summed E-state index contributed by atoms with van der Waals surface area (Å²) in [6, 6.07) is 10.2. The minimum Gasteiger partial charge on any atom is -0.508 e. The fourth-order valence-electron chi connectivity index (χ4n) is 2.43. The number of aliphatic imine (C=N–C) groups is 1. The Kier molecular flexibility index (Phi) is 6.07. The van der Waals surface area contributed by atoms with Crippen molar-refractivity contribution in [1.29, 1.82) is 0 Å². The van der Waals surface area contributed by atoms with Gasteiger partial charge in [0.1, 0.15) is 11.5 Å². The molecule has 9 nitrogen and oxygen atoms in total. The van der Waals surface area contributed by atoms with E-state index in [-0.39, 0.29) is 22.2 Å². The normalized spacial score (nSPS) is 17.0. The SMILES string of the molecule is CC(Oc1ccc(/C=C2\SC(=Nc3ccc(O)cc3C(=O)O)NC2=O)cc1)C(=O)O. The van der Waals surface area contributed by atoms with Crippen molar-refractivity contribution in [3.63, 3.8) is 0 Å². The van der Waals surface area contributed by atoms with Crippen LogP contribution in [0.15, 0.2) is 52.4 Å². The van der Waals surface area contributed by atoms with Gasteiger partial charge in [0.05, 0.1) is 16.2 Å². The largest absolute Gasteiger partial charge is 0.508 e. The Morgan fingerprint density at radius 2 is 1.87 bits per heavy atom. The number of phenolic OH excluding ortho intramolecular Hbond substituents is 1. The van der Waals surface area contributed by atoms with E-state index in [1.54, 1.807) is 30.3 Å². The molecule has 2 aromatic carbocycles. The van der Waals surface area contributed by atoms with E-state index in [0.717, 1.165) is 17.8 Å². The minimum absolute atomic E-state index is 0.0957. The smallest absolute Gasteiger partial charge is 0.344 e. The Labute approximate surface area is 174 Å². The van der Waals surface area contributed by atoms with Crippen LogP contribution in [0.2, 0.25) is 0 Å². The summed E-state index contributed by atoms with van der Waals surface area (Å²) in [6.45, 7) is 1.42. The quantitative estimate of drug-likeness (QED) is 0.514. The molecule has 0 saturated carbocycles. The Balaban J connectivity index is 1.78. The standard InChI is InChI=1S/C20H16N2O7S/c1-10(18(25)26)29-13-5-2-11(3-6-13)8-16-17(24)22-20(30-16)21-15-7-4-12(23)9-14(15)19(27)28/h2-10,23H,1H3,(H,25,26)(H,27,28)(H,21,22,24)/b16-8-. The number of aromatic hydroxyl groups is 1. The van der Waals surface area contributed by atoms with Crippen molar-refractivity contribution in [3.8, 4) is 11.5 Å². The highest BCUT2D eigenvalue weighted by Crippen LogP contribution is 2.30. The van der Waals surface area contributed by atoms with Crippen LogP contribution in [-0.4, -0.2) is 44.4 Å². The summed E-state index contributed by atoms with van der Waals surface area (Å²) in [7, 11) is 0. The number of ether oxygens (including phenoxy) is 1. The second kappa shape index (κ2) is 8.70. The number of phenols is 1. The molecule has 0 spiro atoms. The van der Waals surface area contributed by atoms with Crippen LogP contribution in [0.25, 0.3) is 6.08 Å². The summed E-state index contributed by atoms with van der Waals surface area (Å²) in [6.07, 6.45) is 0.627. The molecule has 0 aromatic heterocycles. The lowest BCUT2D eigenvalue weighted by atomic mass is 10.2. The van der Waals surface area contributed by atoms with Crippen LogP contribution in [0, 0.1) is 0 Å². The first kappa shape index (κ1) is 20.9. The summed E-state index contributed by atoms with van der Waals surface area (Å²) < 4.78 is 5.25. The van der Waals surface area contributed by atoms with Crippen molar-refractivity contribution in [2.45, 2.75) is 13.0 Å².